The highest BCUT2D eigenvalue weighted by atomic mass is 32.2. The monoisotopic (exact) mass is 335 g/mol. The van der Waals surface area contributed by atoms with Crippen molar-refractivity contribution in [1.82, 2.24) is 9.29 Å². The standard InChI is InChI=1S/C15H17N3O4S/c1-10-5-6-11-3-2-4-12(13(11)17-10)23(21,22)18-8-7-15(20,9-18)14(16)19/h2-6,20H,7-9H2,1H3,(H2,16,19). The molecule has 1 atom stereocenters. The van der Waals surface area contributed by atoms with Crippen LogP contribution in [-0.2, 0) is 14.8 Å². The number of carbonyl (C=O) groups excluding carboxylic acids is 1. The number of aromatic nitrogens is 1. The molecular weight excluding hydrogens is 318 g/mol. The molecule has 8 heteroatoms. The molecule has 1 amide bonds. The third kappa shape index (κ3) is 2.58. The van der Waals surface area contributed by atoms with E-state index in [0.29, 0.717) is 16.6 Å². The van der Waals surface area contributed by atoms with Crippen molar-refractivity contribution in [1.29, 1.82) is 0 Å². The molecule has 2 aromatic rings. The van der Waals surface area contributed by atoms with Gasteiger partial charge >= 0.3 is 0 Å². The lowest BCUT2D eigenvalue weighted by atomic mass is 10.0. The number of hydrogen-bond acceptors (Lipinski definition) is 5. The van der Waals surface area contributed by atoms with E-state index in [1.165, 1.54) is 6.07 Å². The van der Waals surface area contributed by atoms with Gasteiger partial charge in [0.2, 0.25) is 10.0 Å². The molecule has 1 aliphatic rings. The average Bonchev–Trinajstić information content (AvgIpc) is 2.91. The molecule has 0 aliphatic carbocycles. The van der Waals surface area contributed by atoms with Crippen LogP contribution in [0.3, 0.4) is 0 Å². The number of pyridine rings is 1. The first-order valence-corrected chi connectivity index (χ1v) is 8.57. The minimum atomic E-state index is -3.88. The van der Waals surface area contributed by atoms with Gasteiger partial charge in [0, 0.05) is 24.0 Å². The number of amides is 1. The molecule has 1 fully saturated rings. The van der Waals surface area contributed by atoms with Gasteiger partial charge in [0.1, 0.15) is 4.90 Å². The molecular formula is C15H17N3O4S. The van der Waals surface area contributed by atoms with Crippen LogP contribution in [0.15, 0.2) is 35.2 Å². The van der Waals surface area contributed by atoms with E-state index in [4.69, 9.17) is 5.73 Å². The van der Waals surface area contributed by atoms with Crippen LogP contribution in [0, 0.1) is 6.92 Å². The van der Waals surface area contributed by atoms with Crippen molar-refractivity contribution >= 4 is 26.8 Å². The summed E-state index contributed by atoms with van der Waals surface area (Å²) in [6.45, 7) is 1.47. The molecule has 122 valence electrons. The summed E-state index contributed by atoms with van der Waals surface area (Å²) in [6.07, 6.45) is -0.0151. The van der Waals surface area contributed by atoms with Crippen LogP contribution in [0.4, 0.5) is 0 Å². The van der Waals surface area contributed by atoms with Gasteiger partial charge in [0.15, 0.2) is 5.60 Å². The Balaban J connectivity index is 2.08. The third-order valence-corrected chi connectivity index (χ3v) is 5.99. The Labute approximate surface area is 133 Å². The maximum Gasteiger partial charge on any atom is 0.250 e. The summed E-state index contributed by atoms with van der Waals surface area (Å²) in [5.74, 6) is -0.915. The summed E-state index contributed by atoms with van der Waals surface area (Å²) in [5, 5.41) is 10.8. The number of aryl methyl sites for hydroxylation is 1. The predicted molar refractivity (Wildman–Crippen MR) is 84.0 cm³/mol. The van der Waals surface area contributed by atoms with Gasteiger partial charge in [-0.3, -0.25) is 9.78 Å². The molecule has 0 saturated carbocycles. The second-order valence-electron chi connectivity index (χ2n) is 5.76. The highest BCUT2D eigenvalue weighted by molar-refractivity contribution is 7.89. The maximum atomic E-state index is 12.9. The fraction of sp³-hybridized carbons (Fsp3) is 0.333. The molecule has 1 aliphatic heterocycles. The molecule has 1 unspecified atom stereocenters. The summed E-state index contributed by atoms with van der Waals surface area (Å²) in [6, 6.07) is 8.51. The number of benzene rings is 1. The van der Waals surface area contributed by atoms with Crippen molar-refractivity contribution in [3.63, 3.8) is 0 Å². The van der Waals surface area contributed by atoms with Crippen molar-refractivity contribution in [2.24, 2.45) is 5.73 Å². The lowest BCUT2D eigenvalue weighted by molar-refractivity contribution is -0.134. The Morgan fingerprint density at radius 1 is 1.35 bits per heavy atom. The molecule has 0 bridgehead atoms. The molecule has 7 nitrogen and oxygen atoms in total. The molecule has 0 radical (unpaired) electrons. The van der Waals surface area contributed by atoms with Crippen LogP contribution in [0.25, 0.3) is 10.9 Å². The molecule has 3 rings (SSSR count). The molecule has 0 spiro atoms. The smallest absolute Gasteiger partial charge is 0.250 e. The zero-order valence-corrected chi connectivity index (χ0v) is 13.4. The van der Waals surface area contributed by atoms with Crippen LogP contribution in [0.1, 0.15) is 12.1 Å². The quantitative estimate of drug-likeness (QED) is 0.829. The van der Waals surface area contributed by atoms with E-state index < -0.39 is 21.5 Å². The van der Waals surface area contributed by atoms with Crippen LogP contribution in [-0.4, -0.2) is 47.4 Å². The van der Waals surface area contributed by atoms with Crippen LogP contribution in [0.5, 0.6) is 0 Å². The number of hydrogen-bond donors (Lipinski definition) is 2. The molecule has 1 saturated heterocycles. The SMILES string of the molecule is Cc1ccc2cccc(S(=O)(=O)N3CCC(O)(C(N)=O)C3)c2n1. The number of nitrogens with zero attached hydrogens (tertiary/aromatic N) is 2. The van der Waals surface area contributed by atoms with E-state index >= 15 is 0 Å². The number of para-hydroxylation sites is 1. The Hall–Kier alpha value is -2.03. The van der Waals surface area contributed by atoms with Crippen molar-refractivity contribution in [3.05, 3.63) is 36.0 Å². The fourth-order valence-electron chi connectivity index (χ4n) is 2.73. The lowest BCUT2D eigenvalue weighted by Crippen LogP contribution is -2.46. The minimum absolute atomic E-state index is 0.0151. The molecule has 23 heavy (non-hydrogen) atoms. The molecule has 1 aromatic heterocycles. The summed E-state index contributed by atoms with van der Waals surface area (Å²) in [4.78, 5) is 15.7. The number of rotatable bonds is 3. The topological polar surface area (TPSA) is 114 Å². The highest BCUT2D eigenvalue weighted by Gasteiger charge is 2.46. The summed E-state index contributed by atoms with van der Waals surface area (Å²) in [7, 11) is -3.88. The summed E-state index contributed by atoms with van der Waals surface area (Å²) < 4.78 is 26.9. The normalized spacial score (nSPS) is 22.5. The summed E-state index contributed by atoms with van der Waals surface area (Å²) >= 11 is 0. The molecule has 2 heterocycles. The van der Waals surface area contributed by atoms with Crippen LogP contribution in [0.2, 0.25) is 0 Å². The number of carbonyl (C=O) groups is 1. The van der Waals surface area contributed by atoms with Gasteiger partial charge in [-0.25, -0.2) is 8.42 Å². The Morgan fingerprint density at radius 3 is 2.74 bits per heavy atom. The molecule has 3 N–H and O–H groups in total. The first-order valence-electron chi connectivity index (χ1n) is 7.13. The van der Waals surface area contributed by atoms with E-state index in [-0.39, 0.29) is 24.4 Å². The van der Waals surface area contributed by atoms with Gasteiger partial charge in [-0.2, -0.15) is 4.31 Å². The zero-order chi connectivity index (χ0) is 16.8. The van der Waals surface area contributed by atoms with E-state index in [0.717, 1.165) is 4.31 Å². The third-order valence-electron chi connectivity index (χ3n) is 4.11. The maximum absolute atomic E-state index is 12.9. The Kier molecular flexibility index (Phi) is 3.62. The van der Waals surface area contributed by atoms with Crippen molar-refractivity contribution < 1.29 is 18.3 Å². The number of β-amino-alcohol motifs (C(OH)–C–C–N with tert-alkyl or cyclic N) is 1. The van der Waals surface area contributed by atoms with Gasteiger partial charge < -0.3 is 10.8 Å². The average molecular weight is 335 g/mol. The number of sulfonamides is 1. The Morgan fingerprint density at radius 2 is 2.09 bits per heavy atom. The molecule has 1 aromatic carbocycles. The number of nitrogens with two attached hydrogens (primary N) is 1. The minimum Gasteiger partial charge on any atom is -0.379 e. The van der Waals surface area contributed by atoms with Gasteiger partial charge in [0.05, 0.1) is 12.1 Å². The van der Waals surface area contributed by atoms with E-state index in [1.807, 2.05) is 0 Å². The second-order valence-corrected chi connectivity index (χ2v) is 7.67. The van der Waals surface area contributed by atoms with Crippen molar-refractivity contribution in [3.8, 4) is 0 Å². The first-order chi connectivity index (χ1) is 10.7. The van der Waals surface area contributed by atoms with Gasteiger partial charge in [0.25, 0.3) is 5.91 Å². The first kappa shape index (κ1) is 15.9. The van der Waals surface area contributed by atoms with Gasteiger partial charge in [-0.15, -0.1) is 0 Å². The Bertz CT molecular complexity index is 897. The van der Waals surface area contributed by atoms with E-state index in [1.54, 1.807) is 31.2 Å². The second kappa shape index (κ2) is 5.26. The largest absolute Gasteiger partial charge is 0.379 e. The van der Waals surface area contributed by atoms with Gasteiger partial charge in [-0.1, -0.05) is 18.2 Å². The lowest BCUT2D eigenvalue weighted by Gasteiger charge is -2.20. The van der Waals surface area contributed by atoms with E-state index in [9.17, 15) is 18.3 Å². The highest BCUT2D eigenvalue weighted by Crippen LogP contribution is 2.30. The van der Waals surface area contributed by atoms with Gasteiger partial charge in [-0.05, 0) is 19.1 Å². The van der Waals surface area contributed by atoms with Crippen LogP contribution >= 0.6 is 0 Å². The van der Waals surface area contributed by atoms with E-state index in [2.05, 4.69) is 4.98 Å². The fourth-order valence-corrected chi connectivity index (χ4v) is 4.38. The zero-order valence-electron chi connectivity index (χ0n) is 12.6. The number of aliphatic hydroxyl groups is 1. The number of fused-ring (bicyclic) bond motifs is 1. The van der Waals surface area contributed by atoms with Crippen molar-refractivity contribution in [2.75, 3.05) is 13.1 Å². The predicted octanol–water partition coefficient (Wildman–Crippen LogP) is 0.154. The van der Waals surface area contributed by atoms with Crippen LogP contribution < -0.4 is 5.73 Å². The number of primary amides is 1. The van der Waals surface area contributed by atoms with Crippen molar-refractivity contribution in [2.45, 2.75) is 23.8 Å². The summed E-state index contributed by atoms with van der Waals surface area (Å²) in [5.41, 5.74) is 4.43.